The second-order valence-corrected chi connectivity index (χ2v) is 10.3. The molecule has 0 bridgehead atoms. The molecular weight excluding hydrogens is 429 g/mol. The maximum absolute atomic E-state index is 14.0. The first-order valence-corrected chi connectivity index (χ1v) is 12.6. The molecule has 8 nitrogen and oxygen atoms in total. The molecule has 3 aromatic rings. The number of rotatable bonds is 7. The second-order valence-electron chi connectivity index (χ2n) is 7.80. The van der Waals surface area contributed by atoms with E-state index in [0.717, 1.165) is 24.8 Å². The highest BCUT2D eigenvalue weighted by Gasteiger charge is 2.36. The van der Waals surface area contributed by atoms with Crippen LogP contribution in [-0.2, 0) is 24.2 Å². The minimum atomic E-state index is -3.41. The van der Waals surface area contributed by atoms with E-state index in [0.29, 0.717) is 23.9 Å². The zero-order chi connectivity index (χ0) is 22.9. The van der Waals surface area contributed by atoms with Crippen molar-refractivity contribution < 1.29 is 9.09 Å². The second kappa shape index (κ2) is 8.79. The number of fused-ring (bicyclic) bond motifs is 3. The molecule has 2 aromatic carbocycles. The average Bonchev–Trinajstić information content (AvgIpc) is 2.80. The number of para-hydroxylation sites is 1. The third-order valence-corrected chi connectivity index (χ3v) is 8.00. The number of hydrogen-bond acceptors (Lipinski definition) is 5. The van der Waals surface area contributed by atoms with Crippen LogP contribution in [-0.4, -0.2) is 19.9 Å². The van der Waals surface area contributed by atoms with Gasteiger partial charge in [0.1, 0.15) is 5.75 Å². The van der Waals surface area contributed by atoms with Crippen LogP contribution in [0.15, 0.2) is 62.9 Å². The van der Waals surface area contributed by atoms with Crippen molar-refractivity contribution >= 4 is 12.7 Å². The van der Waals surface area contributed by atoms with E-state index in [9.17, 15) is 18.9 Å². The van der Waals surface area contributed by atoms with Crippen molar-refractivity contribution in [3.63, 3.8) is 0 Å². The molecule has 0 radical (unpaired) electrons. The van der Waals surface area contributed by atoms with Crippen molar-refractivity contribution in [1.29, 1.82) is 0 Å². The van der Waals surface area contributed by atoms with Crippen LogP contribution in [0.25, 0.3) is 11.1 Å². The Hall–Kier alpha value is -3.12. The summed E-state index contributed by atoms with van der Waals surface area (Å²) in [5.74, 6) is 0.515. The van der Waals surface area contributed by atoms with Crippen LogP contribution in [0.2, 0.25) is 0 Å². The molecule has 2 heterocycles. The zero-order valence-electron chi connectivity index (χ0n) is 18.2. The number of hydrogen-bond donors (Lipinski definition) is 0. The maximum Gasteiger partial charge on any atom is 0.336 e. The molecule has 1 unspecified atom stereocenters. The maximum atomic E-state index is 14.0. The summed E-state index contributed by atoms with van der Waals surface area (Å²) < 4.78 is 23.2. The van der Waals surface area contributed by atoms with Gasteiger partial charge in [0, 0.05) is 25.2 Å². The number of aromatic nitrogens is 3. The molecule has 32 heavy (non-hydrogen) atoms. The van der Waals surface area contributed by atoms with Crippen LogP contribution in [0.5, 0.6) is 5.75 Å². The number of nitrogens with zero attached hydrogens (tertiary/aromatic N) is 3. The van der Waals surface area contributed by atoms with Crippen LogP contribution >= 0.6 is 7.37 Å². The van der Waals surface area contributed by atoms with E-state index in [2.05, 4.69) is 0 Å². The van der Waals surface area contributed by atoms with Crippen molar-refractivity contribution in [3.8, 4) is 16.9 Å². The quantitative estimate of drug-likeness (QED) is 0.511. The van der Waals surface area contributed by atoms with Crippen LogP contribution < -0.4 is 26.9 Å². The summed E-state index contributed by atoms with van der Waals surface area (Å²) in [6.45, 7) is 4.03. The summed E-state index contributed by atoms with van der Waals surface area (Å²) in [5.41, 5.74) is -0.268. The van der Waals surface area contributed by atoms with Gasteiger partial charge >= 0.3 is 17.1 Å². The highest BCUT2D eigenvalue weighted by molar-refractivity contribution is 7.67. The van der Waals surface area contributed by atoms with Crippen LogP contribution in [0.4, 0.5) is 0 Å². The first-order chi connectivity index (χ1) is 15.4. The SMILES string of the molecule is CCCn1c(=O)n(CCC)c(=O)n(CCP2(=O)Oc3ccccc3-c3ccccc32)c1=O. The first-order valence-electron chi connectivity index (χ1n) is 10.8. The van der Waals surface area contributed by atoms with Crippen LogP contribution in [0.1, 0.15) is 26.7 Å². The molecule has 0 saturated heterocycles. The Morgan fingerprint density at radius 3 is 1.81 bits per heavy atom. The summed E-state index contributed by atoms with van der Waals surface area (Å²) in [5, 5.41) is 0.572. The van der Waals surface area contributed by atoms with Crippen molar-refractivity contribution in [2.24, 2.45) is 0 Å². The lowest BCUT2D eigenvalue weighted by Gasteiger charge is -2.28. The summed E-state index contributed by atoms with van der Waals surface area (Å²) in [6, 6.07) is 14.7. The minimum Gasteiger partial charge on any atom is -0.439 e. The molecule has 0 aliphatic carbocycles. The third-order valence-electron chi connectivity index (χ3n) is 5.59. The Kier molecular flexibility index (Phi) is 6.07. The van der Waals surface area contributed by atoms with E-state index in [4.69, 9.17) is 4.52 Å². The Morgan fingerprint density at radius 2 is 1.22 bits per heavy atom. The van der Waals surface area contributed by atoms with E-state index in [1.54, 1.807) is 18.2 Å². The van der Waals surface area contributed by atoms with E-state index in [-0.39, 0.29) is 25.8 Å². The van der Waals surface area contributed by atoms with Gasteiger partial charge < -0.3 is 4.52 Å². The lowest BCUT2D eigenvalue weighted by Crippen LogP contribution is -2.54. The van der Waals surface area contributed by atoms with Crippen LogP contribution in [0, 0.1) is 0 Å². The number of benzene rings is 2. The zero-order valence-corrected chi connectivity index (χ0v) is 19.1. The molecular formula is C23H26N3O5P. The van der Waals surface area contributed by atoms with E-state index in [1.165, 1.54) is 0 Å². The van der Waals surface area contributed by atoms with Crippen molar-refractivity contribution in [2.45, 2.75) is 46.3 Å². The molecule has 0 saturated carbocycles. The predicted molar refractivity (Wildman–Crippen MR) is 124 cm³/mol. The molecule has 1 aliphatic rings. The van der Waals surface area contributed by atoms with Crippen molar-refractivity contribution in [1.82, 2.24) is 13.7 Å². The summed E-state index contributed by atoms with van der Waals surface area (Å²) >= 11 is 0. The minimum absolute atomic E-state index is 0.0377. The van der Waals surface area contributed by atoms with Crippen molar-refractivity contribution in [2.75, 3.05) is 6.16 Å². The predicted octanol–water partition coefficient (Wildman–Crippen LogP) is 2.65. The molecule has 168 valence electrons. The Labute approximate surface area is 185 Å². The molecule has 1 aromatic heterocycles. The van der Waals surface area contributed by atoms with Gasteiger partial charge in [-0.3, -0.25) is 4.57 Å². The van der Waals surface area contributed by atoms with Crippen LogP contribution in [0.3, 0.4) is 0 Å². The Morgan fingerprint density at radius 1 is 0.719 bits per heavy atom. The lowest BCUT2D eigenvalue weighted by molar-refractivity contribution is 0.441. The summed E-state index contributed by atoms with van der Waals surface area (Å²) in [7, 11) is -3.41. The normalized spacial score (nSPS) is 16.8. The van der Waals surface area contributed by atoms with Gasteiger partial charge in [-0.25, -0.2) is 28.1 Å². The highest BCUT2D eigenvalue weighted by Crippen LogP contribution is 2.54. The molecule has 0 fully saturated rings. The fourth-order valence-electron chi connectivity index (χ4n) is 4.08. The molecule has 1 aliphatic heterocycles. The molecule has 9 heteroatoms. The molecule has 4 rings (SSSR count). The summed E-state index contributed by atoms with van der Waals surface area (Å²) in [4.78, 5) is 38.6. The lowest BCUT2D eigenvalue weighted by atomic mass is 10.0. The highest BCUT2D eigenvalue weighted by atomic mass is 31.2. The topological polar surface area (TPSA) is 92.3 Å². The molecule has 0 N–H and O–H groups in total. The molecule has 1 atom stereocenters. The Balaban J connectivity index is 1.78. The monoisotopic (exact) mass is 455 g/mol. The van der Waals surface area contributed by atoms with Gasteiger partial charge in [-0.05, 0) is 30.5 Å². The van der Waals surface area contributed by atoms with Gasteiger partial charge in [0.05, 0.1) is 11.5 Å². The fourth-order valence-corrected chi connectivity index (χ4v) is 6.32. The first kappa shape index (κ1) is 22.1. The smallest absolute Gasteiger partial charge is 0.336 e. The average molecular weight is 455 g/mol. The van der Waals surface area contributed by atoms with Gasteiger partial charge in [-0.1, -0.05) is 50.2 Å². The third kappa shape index (κ3) is 3.69. The van der Waals surface area contributed by atoms with Gasteiger partial charge in [0.15, 0.2) is 0 Å². The molecule has 0 amide bonds. The summed E-state index contributed by atoms with van der Waals surface area (Å²) in [6.07, 6.45) is 1.11. The van der Waals surface area contributed by atoms with Gasteiger partial charge in [-0.15, -0.1) is 0 Å². The van der Waals surface area contributed by atoms with Gasteiger partial charge in [0.25, 0.3) is 7.37 Å². The van der Waals surface area contributed by atoms with Gasteiger partial charge in [0.2, 0.25) is 0 Å². The van der Waals surface area contributed by atoms with E-state index in [1.807, 2.05) is 44.2 Å². The van der Waals surface area contributed by atoms with Gasteiger partial charge in [-0.2, -0.15) is 0 Å². The fraction of sp³-hybridized carbons (Fsp3) is 0.348. The van der Waals surface area contributed by atoms with E-state index >= 15 is 0 Å². The Bertz CT molecular complexity index is 1340. The van der Waals surface area contributed by atoms with E-state index < -0.39 is 24.4 Å². The standard InChI is InChI=1S/C23H26N3O5P/c1-3-13-24-21(27)25(14-4-2)23(29)26(22(24)28)15-16-32(30)20-12-8-6-10-18(20)17-9-5-7-11-19(17)31-32/h5-12H,3-4,13-16H2,1-2H3. The largest absolute Gasteiger partial charge is 0.439 e. The van der Waals surface area contributed by atoms with Crippen molar-refractivity contribution in [3.05, 3.63) is 80.0 Å². The molecule has 0 spiro atoms.